The fourth-order valence-corrected chi connectivity index (χ4v) is 5.94. The average Bonchev–Trinajstić information content (AvgIpc) is 2.86. The van der Waals surface area contributed by atoms with Gasteiger partial charge in [0.15, 0.2) is 0 Å². The Morgan fingerprint density at radius 3 is 1.98 bits per heavy atom. The predicted molar refractivity (Wildman–Crippen MR) is 162 cm³/mol. The normalized spacial score (nSPS) is 12.5. The summed E-state index contributed by atoms with van der Waals surface area (Å²) in [5.41, 5.74) is 0.996. The Labute approximate surface area is 251 Å². The Morgan fingerprint density at radius 2 is 1.45 bits per heavy atom. The third-order valence-electron chi connectivity index (χ3n) is 6.06. The largest absolute Gasteiger partial charge is 0.350 e. The molecule has 1 N–H and O–H groups in total. The van der Waals surface area contributed by atoms with Crippen molar-refractivity contribution < 1.29 is 18.0 Å². The van der Waals surface area contributed by atoms with Gasteiger partial charge >= 0.3 is 0 Å². The number of benzene rings is 3. The standard InChI is InChI=1S/C29H32Cl3N3O4S/c1-19-9-15-23(16-10-19)40(38,39)35(22-13-11-21(30)12-14-22)18-27(36)34(20(2)28(37)33-29(3,4)5)17-24-25(31)7-6-8-26(24)32/h6-16,20H,17-18H2,1-5H3,(H,33,37)/t20-/m1/s1. The summed E-state index contributed by atoms with van der Waals surface area (Å²) in [4.78, 5) is 28.5. The lowest BCUT2D eigenvalue weighted by Crippen LogP contribution is -2.54. The minimum absolute atomic E-state index is 0.0140. The van der Waals surface area contributed by atoms with E-state index in [0.29, 0.717) is 20.6 Å². The van der Waals surface area contributed by atoms with Crippen molar-refractivity contribution in [3.05, 3.63) is 92.9 Å². The van der Waals surface area contributed by atoms with Crippen molar-refractivity contribution in [3.63, 3.8) is 0 Å². The highest BCUT2D eigenvalue weighted by Gasteiger charge is 2.34. The molecular weight excluding hydrogens is 593 g/mol. The van der Waals surface area contributed by atoms with Crippen LogP contribution in [0.15, 0.2) is 71.6 Å². The Kier molecular flexibility index (Phi) is 10.2. The molecule has 7 nitrogen and oxygen atoms in total. The molecule has 3 aromatic carbocycles. The molecule has 0 aromatic heterocycles. The van der Waals surface area contributed by atoms with Gasteiger partial charge in [0, 0.05) is 32.7 Å². The zero-order chi connectivity index (χ0) is 29.8. The Hall–Kier alpha value is -2.78. The maximum atomic E-state index is 14.0. The SMILES string of the molecule is Cc1ccc(S(=O)(=O)N(CC(=O)N(Cc2c(Cl)cccc2Cl)[C@H](C)C(=O)NC(C)(C)C)c2ccc(Cl)cc2)cc1. The first-order chi connectivity index (χ1) is 18.6. The van der Waals surface area contributed by atoms with Crippen molar-refractivity contribution in [2.24, 2.45) is 0 Å². The van der Waals surface area contributed by atoms with Crippen molar-refractivity contribution in [2.75, 3.05) is 10.8 Å². The highest BCUT2D eigenvalue weighted by Crippen LogP contribution is 2.29. The van der Waals surface area contributed by atoms with E-state index in [0.717, 1.165) is 9.87 Å². The third-order valence-corrected chi connectivity index (χ3v) is 8.81. The number of rotatable bonds is 9. The van der Waals surface area contributed by atoms with E-state index < -0.39 is 40.0 Å². The molecule has 0 bridgehead atoms. The highest BCUT2D eigenvalue weighted by molar-refractivity contribution is 7.92. The molecule has 0 spiro atoms. The molecule has 214 valence electrons. The fraction of sp³-hybridized carbons (Fsp3) is 0.310. The summed E-state index contributed by atoms with van der Waals surface area (Å²) in [6.07, 6.45) is 0. The van der Waals surface area contributed by atoms with Crippen LogP contribution in [0.4, 0.5) is 5.69 Å². The molecule has 11 heteroatoms. The molecule has 3 aromatic rings. The van der Waals surface area contributed by atoms with E-state index in [1.165, 1.54) is 29.2 Å². The summed E-state index contributed by atoms with van der Waals surface area (Å²) < 4.78 is 28.7. The number of carbonyl (C=O) groups excluding carboxylic acids is 2. The lowest BCUT2D eigenvalue weighted by atomic mass is 10.1. The molecular formula is C29H32Cl3N3O4S. The van der Waals surface area contributed by atoms with Gasteiger partial charge in [-0.1, -0.05) is 58.6 Å². The maximum Gasteiger partial charge on any atom is 0.264 e. The smallest absolute Gasteiger partial charge is 0.264 e. The van der Waals surface area contributed by atoms with Crippen LogP contribution in [0.2, 0.25) is 15.1 Å². The molecule has 0 unspecified atom stereocenters. The van der Waals surface area contributed by atoms with E-state index in [2.05, 4.69) is 5.32 Å². The minimum atomic E-state index is -4.19. The maximum absolute atomic E-state index is 14.0. The van der Waals surface area contributed by atoms with Crippen molar-refractivity contribution in [2.45, 2.75) is 57.6 Å². The quantitative estimate of drug-likeness (QED) is 0.295. The molecule has 0 heterocycles. The molecule has 0 fully saturated rings. The highest BCUT2D eigenvalue weighted by atomic mass is 35.5. The summed E-state index contributed by atoms with van der Waals surface area (Å²) in [5, 5.41) is 3.91. The number of amides is 2. The summed E-state index contributed by atoms with van der Waals surface area (Å²) in [6, 6.07) is 16.4. The van der Waals surface area contributed by atoms with E-state index in [9.17, 15) is 18.0 Å². The van der Waals surface area contributed by atoms with Gasteiger partial charge in [-0.05, 0) is 83.1 Å². The van der Waals surface area contributed by atoms with Gasteiger partial charge in [-0.3, -0.25) is 13.9 Å². The molecule has 0 aliphatic carbocycles. The first-order valence-electron chi connectivity index (χ1n) is 12.5. The number of halogens is 3. The summed E-state index contributed by atoms with van der Waals surface area (Å²) in [5.74, 6) is -1.04. The molecule has 0 aliphatic rings. The number of aryl methyl sites for hydroxylation is 1. The van der Waals surface area contributed by atoms with E-state index in [1.54, 1.807) is 49.4 Å². The molecule has 3 rings (SSSR count). The minimum Gasteiger partial charge on any atom is -0.350 e. The van der Waals surface area contributed by atoms with Crippen molar-refractivity contribution >= 4 is 62.3 Å². The number of hydrogen-bond acceptors (Lipinski definition) is 4. The van der Waals surface area contributed by atoms with E-state index in [-0.39, 0.29) is 17.1 Å². The van der Waals surface area contributed by atoms with Crippen molar-refractivity contribution in [1.29, 1.82) is 0 Å². The predicted octanol–water partition coefficient (Wildman–Crippen LogP) is 6.48. The van der Waals surface area contributed by atoms with Gasteiger partial charge < -0.3 is 10.2 Å². The van der Waals surface area contributed by atoms with Crippen LogP contribution >= 0.6 is 34.8 Å². The van der Waals surface area contributed by atoms with Crippen molar-refractivity contribution in [1.82, 2.24) is 10.2 Å². The van der Waals surface area contributed by atoms with Crippen LogP contribution in [0, 0.1) is 6.92 Å². The van der Waals surface area contributed by atoms with Gasteiger partial charge in [0.05, 0.1) is 10.6 Å². The van der Waals surface area contributed by atoms with Crippen LogP contribution in [-0.2, 0) is 26.2 Å². The molecule has 0 saturated heterocycles. The zero-order valence-corrected chi connectivity index (χ0v) is 26.0. The molecule has 0 radical (unpaired) electrons. The van der Waals surface area contributed by atoms with Crippen LogP contribution in [0.3, 0.4) is 0 Å². The lowest BCUT2D eigenvalue weighted by molar-refractivity contribution is -0.140. The van der Waals surface area contributed by atoms with Gasteiger partial charge in [0.25, 0.3) is 10.0 Å². The Bertz CT molecular complexity index is 1450. The Morgan fingerprint density at radius 1 is 0.900 bits per heavy atom. The number of nitrogens with one attached hydrogen (secondary N) is 1. The average molecular weight is 625 g/mol. The number of sulfonamides is 1. The number of carbonyl (C=O) groups is 2. The van der Waals surface area contributed by atoms with E-state index in [4.69, 9.17) is 34.8 Å². The Balaban J connectivity index is 2.07. The van der Waals surface area contributed by atoms with Crippen LogP contribution in [-0.4, -0.2) is 43.3 Å². The fourth-order valence-electron chi connectivity index (χ4n) is 3.88. The number of hydrogen-bond donors (Lipinski definition) is 1. The van der Waals surface area contributed by atoms with E-state index in [1.807, 2.05) is 27.7 Å². The summed E-state index contributed by atoms with van der Waals surface area (Å²) >= 11 is 18.9. The second kappa shape index (κ2) is 12.8. The zero-order valence-electron chi connectivity index (χ0n) is 22.9. The van der Waals surface area contributed by atoms with Crippen LogP contribution in [0.1, 0.15) is 38.8 Å². The number of nitrogens with zero attached hydrogens (tertiary/aromatic N) is 2. The van der Waals surface area contributed by atoms with Gasteiger partial charge in [-0.2, -0.15) is 0 Å². The van der Waals surface area contributed by atoms with Crippen LogP contribution in [0.25, 0.3) is 0 Å². The molecule has 1 atom stereocenters. The summed E-state index contributed by atoms with van der Waals surface area (Å²) in [7, 11) is -4.19. The molecule has 0 saturated carbocycles. The monoisotopic (exact) mass is 623 g/mol. The first kappa shape index (κ1) is 31.7. The van der Waals surface area contributed by atoms with Gasteiger partial charge in [0.2, 0.25) is 11.8 Å². The lowest BCUT2D eigenvalue weighted by Gasteiger charge is -2.33. The second-order valence-electron chi connectivity index (χ2n) is 10.4. The van der Waals surface area contributed by atoms with Gasteiger partial charge in [-0.25, -0.2) is 8.42 Å². The van der Waals surface area contributed by atoms with Crippen LogP contribution < -0.4 is 9.62 Å². The third kappa shape index (κ3) is 7.91. The van der Waals surface area contributed by atoms with Gasteiger partial charge in [0.1, 0.15) is 12.6 Å². The molecule has 40 heavy (non-hydrogen) atoms. The number of anilines is 1. The first-order valence-corrected chi connectivity index (χ1v) is 15.1. The molecule has 0 aliphatic heterocycles. The van der Waals surface area contributed by atoms with Crippen molar-refractivity contribution in [3.8, 4) is 0 Å². The summed E-state index contributed by atoms with van der Waals surface area (Å²) in [6.45, 7) is 8.19. The molecule has 2 amide bonds. The van der Waals surface area contributed by atoms with Crippen LogP contribution in [0.5, 0.6) is 0 Å². The topological polar surface area (TPSA) is 86.8 Å². The second-order valence-corrected chi connectivity index (χ2v) is 13.6. The van der Waals surface area contributed by atoms with E-state index >= 15 is 0 Å². The van der Waals surface area contributed by atoms with Gasteiger partial charge in [-0.15, -0.1) is 0 Å².